The Morgan fingerprint density at radius 2 is 1.84 bits per heavy atom. The lowest BCUT2D eigenvalue weighted by molar-refractivity contribution is -0.140. The molecule has 2 aliphatic heterocycles. The van der Waals surface area contributed by atoms with E-state index >= 15 is 0 Å². The van der Waals surface area contributed by atoms with Crippen LogP contribution >= 0.6 is 15.9 Å². The van der Waals surface area contributed by atoms with Crippen LogP contribution in [0.3, 0.4) is 0 Å². The van der Waals surface area contributed by atoms with Gasteiger partial charge in [0.2, 0.25) is 6.79 Å². The first-order chi connectivity index (χ1) is 17.8. The van der Waals surface area contributed by atoms with E-state index in [0.717, 1.165) is 27.0 Å². The molecule has 194 valence electrons. The second-order valence-corrected chi connectivity index (χ2v) is 10.9. The van der Waals surface area contributed by atoms with Gasteiger partial charge in [0.05, 0.1) is 19.3 Å². The SMILES string of the molecule is COc1ccc([C@@H]2CC(=O)C3=C(C2)NC(C)=C(C(=O)OCC(C)C)[C@H]3c2cc3c(cc2Br)OCO3)cc1. The first-order valence-electron chi connectivity index (χ1n) is 12.4. The molecule has 1 N–H and O–H groups in total. The van der Waals surface area contributed by atoms with Crippen LogP contribution < -0.4 is 19.5 Å². The molecule has 3 aliphatic rings. The number of benzene rings is 2. The van der Waals surface area contributed by atoms with Crippen molar-refractivity contribution < 1.29 is 28.5 Å². The van der Waals surface area contributed by atoms with Crippen molar-refractivity contribution in [2.75, 3.05) is 20.5 Å². The van der Waals surface area contributed by atoms with Crippen LogP contribution in [0.5, 0.6) is 17.2 Å². The summed E-state index contributed by atoms with van der Waals surface area (Å²) in [6, 6.07) is 11.5. The standard InChI is InChI=1S/C29H30BrNO6/c1-15(2)13-35-29(33)26-16(3)31-22-9-18(17-5-7-19(34-4)8-6-17)10-23(32)28(22)27(26)20-11-24-25(12-21(20)30)37-14-36-24/h5-8,11-12,15,18,27,31H,9-10,13-14H2,1-4H3/t18-,27+/m0/s1. The quantitative estimate of drug-likeness (QED) is 0.445. The maximum absolute atomic E-state index is 13.8. The van der Waals surface area contributed by atoms with Gasteiger partial charge < -0.3 is 24.3 Å². The topological polar surface area (TPSA) is 83.1 Å². The van der Waals surface area contributed by atoms with E-state index in [-0.39, 0.29) is 24.4 Å². The fourth-order valence-electron chi connectivity index (χ4n) is 5.21. The van der Waals surface area contributed by atoms with Crippen molar-refractivity contribution in [2.24, 2.45) is 5.92 Å². The van der Waals surface area contributed by atoms with Crippen molar-refractivity contribution in [2.45, 2.75) is 45.4 Å². The molecule has 5 rings (SSSR count). The highest BCUT2D eigenvalue weighted by atomic mass is 79.9. The number of rotatable bonds is 6. The number of fused-ring (bicyclic) bond motifs is 1. The third-order valence-corrected chi connectivity index (χ3v) is 7.67. The smallest absolute Gasteiger partial charge is 0.336 e. The maximum atomic E-state index is 13.8. The minimum atomic E-state index is -0.593. The molecule has 7 nitrogen and oxygen atoms in total. The van der Waals surface area contributed by atoms with Crippen LogP contribution in [0.4, 0.5) is 0 Å². The molecule has 0 aromatic heterocycles. The number of ketones is 1. The van der Waals surface area contributed by atoms with E-state index in [1.807, 2.05) is 57.2 Å². The number of allylic oxidation sites excluding steroid dienone is 3. The van der Waals surface area contributed by atoms with Gasteiger partial charge >= 0.3 is 5.97 Å². The van der Waals surface area contributed by atoms with E-state index in [1.165, 1.54) is 0 Å². The largest absolute Gasteiger partial charge is 0.497 e. The van der Waals surface area contributed by atoms with Crippen molar-refractivity contribution in [3.8, 4) is 17.2 Å². The normalized spacial score (nSPS) is 20.6. The summed E-state index contributed by atoms with van der Waals surface area (Å²) < 4.78 is 22.9. The van der Waals surface area contributed by atoms with Gasteiger partial charge in [-0.3, -0.25) is 4.79 Å². The summed E-state index contributed by atoms with van der Waals surface area (Å²) in [7, 11) is 1.63. The summed E-state index contributed by atoms with van der Waals surface area (Å²) in [5.41, 5.74) is 4.41. The fraction of sp³-hybridized carbons (Fsp3) is 0.379. The van der Waals surface area contributed by atoms with Crippen LogP contribution in [0.15, 0.2) is 63.4 Å². The Balaban J connectivity index is 1.58. The van der Waals surface area contributed by atoms with Crippen LogP contribution in [0.1, 0.15) is 56.6 Å². The molecule has 2 aromatic rings. The van der Waals surface area contributed by atoms with Gasteiger partial charge in [0.25, 0.3) is 0 Å². The summed E-state index contributed by atoms with van der Waals surface area (Å²) in [5, 5.41) is 3.40. The first kappa shape index (κ1) is 25.4. The summed E-state index contributed by atoms with van der Waals surface area (Å²) >= 11 is 3.67. The van der Waals surface area contributed by atoms with E-state index in [4.69, 9.17) is 18.9 Å². The van der Waals surface area contributed by atoms with Gasteiger partial charge in [0, 0.05) is 33.8 Å². The minimum Gasteiger partial charge on any atom is -0.497 e. The van der Waals surface area contributed by atoms with Crippen molar-refractivity contribution in [3.63, 3.8) is 0 Å². The van der Waals surface area contributed by atoms with Crippen LogP contribution in [-0.2, 0) is 14.3 Å². The predicted molar refractivity (Wildman–Crippen MR) is 142 cm³/mol. The Bertz CT molecular complexity index is 1310. The number of esters is 1. The van der Waals surface area contributed by atoms with E-state index in [2.05, 4.69) is 21.2 Å². The predicted octanol–water partition coefficient (Wildman–Crippen LogP) is 5.75. The number of dihydropyridines is 1. The van der Waals surface area contributed by atoms with Gasteiger partial charge in [-0.15, -0.1) is 0 Å². The molecule has 8 heteroatoms. The third-order valence-electron chi connectivity index (χ3n) is 6.99. The van der Waals surface area contributed by atoms with Gasteiger partial charge in [0.1, 0.15) is 5.75 Å². The molecule has 0 unspecified atom stereocenters. The molecule has 0 saturated carbocycles. The number of carbonyl (C=O) groups excluding carboxylic acids is 2. The number of hydrogen-bond donors (Lipinski definition) is 1. The van der Waals surface area contributed by atoms with Crippen molar-refractivity contribution in [1.29, 1.82) is 0 Å². The molecular weight excluding hydrogens is 538 g/mol. The van der Waals surface area contributed by atoms with Crippen LogP contribution in [0.2, 0.25) is 0 Å². The summed E-state index contributed by atoms with van der Waals surface area (Å²) in [6.45, 7) is 6.27. The molecule has 37 heavy (non-hydrogen) atoms. The molecule has 2 heterocycles. The number of nitrogens with one attached hydrogen (secondary N) is 1. The summed E-state index contributed by atoms with van der Waals surface area (Å²) in [6.07, 6.45) is 0.997. The van der Waals surface area contributed by atoms with E-state index in [1.54, 1.807) is 7.11 Å². The molecule has 2 atom stereocenters. The second kappa shape index (κ2) is 10.2. The highest BCUT2D eigenvalue weighted by Crippen LogP contribution is 2.49. The lowest BCUT2D eigenvalue weighted by Crippen LogP contribution is -2.36. The van der Waals surface area contributed by atoms with Gasteiger partial charge in [0.15, 0.2) is 17.3 Å². The Morgan fingerprint density at radius 3 is 2.51 bits per heavy atom. The van der Waals surface area contributed by atoms with Crippen LogP contribution in [0.25, 0.3) is 0 Å². The zero-order chi connectivity index (χ0) is 26.3. The van der Waals surface area contributed by atoms with Crippen molar-refractivity contribution in [1.82, 2.24) is 5.32 Å². The van der Waals surface area contributed by atoms with Gasteiger partial charge in [-0.25, -0.2) is 4.79 Å². The van der Waals surface area contributed by atoms with Crippen LogP contribution in [0, 0.1) is 5.92 Å². The van der Waals surface area contributed by atoms with E-state index in [0.29, 0.717) is 47.8 Å². The first-order valence-corrected chi connectivity index (χ1v) is 13.2. The fourth-order valence-corrected chi connectivity index (χ4v) is 5.76. The summed E-state index contributed by atoms with van der Waals surface area (Å²) in [4.78, 5) is 27.3. The lowest BCUT2D eigenvalue weighted by Gasteiger charge is -2.37. The minimum absolute atomic E-state index is 0.00537. The third kappa shape index (κ3) is 4.87. The van der Waals surface area contributed by atoms with Crippen LogP contribution in [-0.4, -0.2) is 32.3 Å². The Labute approximate surface area is 224 Å². The zero-order valence-corrected chi connectivity index (χ0v) is 22.9. The van der Waals surface area contributed by atoms with Crippen molar-refractivity contribution >= 4 is 27.7 Å². The molecule has 0 radical (unpaired) electrons. The van der Waals surface area contributed by atoms with E-state index < -0.39 is 11.9 Å². The molecule has 1 aliphatic carbocycles. The molecular formula is C29H30BrNO6. The second-order valence-electron chi connectivity index (χ2n) is 10.0. The molecule has 0 spiro atoms. The number of halogens is 1. The molecule has 0 fully saturated rings. The molecule has 0 amide bonds. The summed E-state index contributed by atoms with van der Waals surface area (Å²) in [5.74, 6) is 1.18. The van der Waals surface area contributed by atoms with Gasteiger partial charge in [-0.2, -0.15) is 0 Å². The van der Waals surface area contributed by atoms with Gasteiger partial charge in [-0.05, 0) is 60.6 Å². The average molecular weight is 568 g/mol. The lowest BCUT2D eigenvalue weighted by atomic mass is 9.71. The highest BCUT2D eigenvalue weighted by Gasteiger charge is 2.42. The van der Waals surface area contributed by atoms with Gasteiger partial charge in [-0.1, -0.05) is 41.9 Å². The average Bonchev–Trinajstić information content (AvgIpc) is 3.33. The maximum Gasteiger partial charge on any atom is 0.336 e. The Morgan fingerprint density at radius 1 is 1.14 bits per heavy atom. The Hall–Kier alpha value is -3.26. The number of methoxy groups -OCH3 is 1. The zero-order valence-electron chi connectivity index (χ0n) is 21.4. The molecule has 2 aromatic carbocycles. The number of carbonyl (C=O) groups is 2. The molecule has 0 saturated heterocycles. The number of hydrogen-bond acceptors (Lipinski definition) is 7. The number of Topliss-reactive ketones (excluding diaryl/α,β-unsaturated/α-hetero) is 1. The molecule has 0 bridgehead atoms. The monoisotopic (exact) mass is 567 g/mol. The Kier molecular flexibility index (Phi) is 7.03. The number of ether oxygens (including phenoxy) is 4. The van der Waals surface area contributed by atoms with Crippen molar-refractivity contribution in [3.05, 3.63) is 74.5 Å². The highest BCUT2D eigenvalue weighted by molar-refractivity contribution is 9.10. The van der Waals surface area contributed by atoms with E-state index in [9.17, 15) is 9.59 Å².